The fourth-order valence-corrected chi connectivity index (χ4v) is 3.10. The molecule has 2 nitrogen and oxygen atoms in total. The lowest BCUT2D eigenvalue weighted by Crippen LogP contribution is -2.49. The lowest BCUT2D eigenvalue weighted by molar-refractivity contribution is 0.0498. The Morgan fingerprint density at radius 3 is 2.69 bits per heavy atom. The molecule has 3 fully saturated rings. The van der Waals surface area contributed by atoms with Crippen LogP contribution in [0, 0.1) is 11.9 Å². The van der Waals surface area contributed by atoms with E-state index >= 15 is 0 Å². The summed E-state index contributed by atoms with van der Waals surface area (Å²) >= 11 is 0. The van der Waals surface area contributed by atoms with Crippen molar-refractivity contribution in [2.45, 2.75) is 31.7 Å². The van der Waals surface area contributed by atoms with E-state index in [0.29, 0.717) is 6.04 Å². The summed E-state index contributed by atoms with van der Waals surface area (Å²) in [6.07, 6.45) is 6.77. The molecule has 1 unspecified atom stereocenters. The fourth-order valence-electron chi connectivity index (χ4n) is 3.10. The highest BCUT2D eigenvalue weighted by molar-refractivity contribution is 5.12. The molecule has 0 N–H and O–H groups in total. The Morgan fingerprint density at radius 1 is 1.31 bits per heavy atom. The highest BCUT2D eigenvalue weighted by atomic mass is 19.1. The average molecular weight is 220 g/mol. The van der Waals surface area contributed by atoms with Crippen molar-refractivity contribution in [3.63, 3.8) is 0 Å². The van der Waals surface area contributed by atoms with Crippen LogP contribution in [0.25, 0.3) is 0 Å². The molecule has 3 aliphatic rings. The molecule has 4 heterocycles. The number of piperidine rings is 3. The number of halogens is 1. The minimum Gasteiger partial charge on any atom is -0.300 e. The Morgan fingerprint density at radius 2 is 2.12 bits per heavy atom. The Kier molecular flexibility index (Phi) is 2.64. The lowest BCUT2D eigenvalue weighted by atomic mass is 9.81. The Bertz CT molecular complexity index is 355. The Hall–Kier alpha value is -0.960. The monoisotopic (exact) mass is 220 g/mol. The number of hydrogen-bond acceptors (Lipinski definition) is 2. The van der Waals surface area contributed by atoms with Gasteiger partial charge in [0.15, 0.2) is 0 Å². The number of hydrogen-bond donors (Lipinski definition) is 0. The number of fused-ring (bicyclic) bond motifs is 3. The van der Waals surface area contributed by atoms with Gasteiger partial charge in [-0.25, -0.2) is 4.98 Å². The van der Waals surface area contributed by atoms with Crippen LogP contribution in [-0.4, -0.2) is 29.0 Å². The molecule has 4 rings (SSSR count). The van der Waals surface area contributed by atoms with Gasteiger partial charge in [0.25, 0.3) is 0 Å². The first-order valence-corrected chi connectivity index (χ1v) is 6.16. The van der Waals surface area contributed by atoms with Crippen LogP contribution in [0.3, 0.4) is 0 Å². The topological polar surface area (TPSA) is 16.1 Å². The molecule has 0 spiro atoms. The standard InChI is InChI=1S/C13H17FN2/c14-13-2-1-11(9-15-13)8-12-7-10-3-5-16(12)6-4-10/h1-2,9-10,12H,3-8H2. The molecule has 16 heavy (non-hydrogen) atoms. The van der Waals surface area contributed by atoms with Crippen LogP contribution in [0.1, 0.15) is 24.8 Å². The molecule has 0 saturated carbocycles. The van der Waals surface area contributed by atoms with Crippen LogP contribution in [0.5, 0.6) is 0 Å². The third-order valence-electron chi connectivity index (χ3n) is 4.03. The van der Waals surface area contributed by atoms with Crippen molar-refractivity contribution < 1.29 is 4.39 Å². The van der Waals surface area contributed by atoms with Crippen molar-refractivity contribution in [2.75, 3.05) is 13.1 Å². The highest BCUT2D eigenvalue weighted by Crippen LogP contribution is 2.33. The maximum absolute atomic E-state index is 12.7. The van der Waals surface area contributed by atoms with Gasteiger partial charge in [-0.3, -0.25) is 0 Å². The van der Waals surface area contributed by atoms with Crippen LogP contribution in [-0.2, 0) is 6.42 Å². The number of rotatable bonds is 2. The fraction of sp³-hybridized carbons (Fsp3) is 0.615. The first-order valence-electron chi connectivity index (χ1n) is 6.16. The summed E-state index contributed by atoms with van der Waals surface area (Å²) < 4.78 is 12.7. The second-order valence-electron chi connectivity index (χ2n) is 5.06. The zero-order valence-corrected chi connectivity index (χ0v) is 9.40. The van der Waals surface area contributed by atoms with Gasteiger partial charge < -0.3 is 4.90 Å². The van der Waals surface area contributed by atoms with E-state index in [0.717, 1.165) is 12.3 Å². The molecule has 2 bridgehead atoms. The maximum Gasteiger partial charge on any atom is 0.212 e. The van der Waals surface area contributed by atoms with Crippen molar-refractivity contribution in [1.82, 2.24) is 9.88 Å². The molecule has 1 aromatic heterocycles. The third kappa shape index (κ3) is 1.96. The molecular formula is C13H17FN2. The molecule has 1 atom stereocenters. The summed E-state index contributed by atoms with van der Waals surface area (Å²) in [7, 11) is 0. The Labute approximate surface area is 95.5 Å². The van der Waals surface area contributed by atoms with E-state index in [2.05, 4.69) is 9.88 Å². The van der Waals surface area contributed by atoms with Gasteiger partial charge >= 0.3 is 0 Å². The van der Waals surface area contributed by atoms with E-state index in [-0.39, 0.29) is 5.95 Å². The molecule has 0 aliphatic carbocycles. The Balaban J connectivity index is 1.68. The van der Waals surface area contributed by atoms with Crippen molar-refractivity contribution in [3.05, 3.63) is 29.8 Å². The van der Waals surface area contributed by atoms with Crippen LogP contribution in [0.15, 0.2) is 18.3 Å². The van der Waals surface area contributed by atoms with Gasteiger partial charge in [0.2, 0.25) is 5.95 Å². The summed E-state index contributed by atoms with van der Waals surface area (Å²) in [5.74, 6) is 0.553. The maximum atomic E-state index is 12.7. The minimum atomic E-state index is -0.380. The van der Waals surface area contributed by atoms with Crippen LogP contribution in [0.4, 0.5) is 4.39 Å². The van der Waals surface area contributed by atoms with Crippen LogP contribution in [0.2, 0.25) is 0 Å². The zero-order chi connectivity index (χ0) is 11.0. The molecule has 0 aromatic carbocycles. The van der Waals surface area contributed by atoms with Crippen molar-refractivity contribution >= 4 is 0 Å². The molecule has 86 valence electrons. The van der Waals surface area contributed by atoms with Gasteiger partial charge in [-0.15, -0.1) is 0 Å². The quantitative estimate of drug-likeness (QED) is 0.711. The van der Waals surface area contributed by atoms with E-state index in [1.165, 1.54) is 44.0 Å². The summed E-state index contributed by atoms with van der Waals surface area (Å²) in [6, 6.07) is 4.00. The lowest BCUT2D eigenvalue weighted by Gasteiger charge is -2.45. The van der Waals surface area contributed by atoms with E-state index < -0.39 is 0 Å². The van der Waals surface area contributed by atoms with Gasteiger partial charge in [-0.2, -0.15) is 4.39 Å². The van der Waals surface area contributed by atoms with Gasteiger partial charge in [-0.1, -0.05) is 6.07 Å². The van der Waals surface area contributed by atoms with E-state index in [1.807, 2.05) is 6.07 Å². The summed E-state index contributed by atoms with van der Waals surface area (Å²) in [5.41, 5.74) is 1.17. The molecule has 1 aromatic rings. The van der Waals surface area contributed by atoms with Crippen molar-refractivity contribution in [3.8, 4) is 0 Å². The van der Waals surface area contributed by atoms with Gasteiger partial charge in [0.1, 0.15) is 0 Å². The zero-order valence-electron chi connectivity index (χ0n) is 9.40. The van der Waals surface area contributed by atoms with Crippen LogP contribution < -0.4 is 0 Å². The van der Waals surface area contributed by atoms with Gasteiger partial charge in [-0.05, 0) is 56.3 Å². The van der Waals surface area contributed by atoms with Crippen molar-refractivity contribution in [2.24, 2.45) is 5.92 Å². The van der Waals surface area contributed by atoms with Crippen LogP contribution >= 0.6 is 0 Å². The SMILES string of the molecule is Fc1ccc(CC2CC3CCN2CC3)cn1. The summed E-state index contributed by atoms with van der Waals surface area (Å²) in [6.45, 7) is 2.51. The van der Waals surface area contributed by atoms with E-state index in [1.54, 1.807) is 6.20 Å². The summed E-state index contributed by atoms with van der Waals surface area (Å²) in [5, 5.41) is 0. The third-order valence-corrected chi connectivity index (χ3v) is 4.03. The average Bonchev–Trinajstić information content (AvgIpc) is 2.34. The van der Waals surface area contributed by atoms with Gasteiger partial charge in [0, 0.05) is 12.2 Å². The largest absolute Gasteiger partial charge is 0.300 e. The molecule has 0 radical (unpaired) electrons. The molecule has 3 saturated heterocycles. The number of nitrogens with zero attached hydrogens (tertiary/aromatic N) is 2. The van der Waals surface area contributed by atoms with E-state index in [9.17, 15) is 4.39 Å². The molecule has 3 heteroatoms. The minimum absolute atomic E-state index is 0.380. The first-order chi connectivity index (χ1) is 7.81. The predicted molar refractivity (Wildman–Crippen MR) is 60.6 cm³/mol. The highest BCUT2D eigenvalue weighted by Gasteiger charge is 2.33. The normalized spacial score (nSPS) is 32.9. The smallest absolute Gasteiger partial charge is 0.212 e. The predicted octanol–water partition coefficient (Wildman–Crippen LogP) is 2.25. The van der Waals surface area contributed by atoms with Gasteiger partial charge in [0.05, 0.1) is 0 Å². The first kappa shape index (κ1) is 10.2. The van der Waals surface area contributed by atoms with E-state index in [4.69, 9.17) is 0 Å². The molecule has 0 amide bonds. The number of pyridine rings is 1. The second-order valence-corrected chi connectivity index (χ2v) is 5.06. The van der Waals surface area contributed by atoms with Crippen molar-refractivity contribution in [1.29, 1.82) is 0 Å². The number of aromatic nitrogens is 1. The molecular weight excluding hydrogens is 203 g/mol. The second kappa shape index (κ2) is 4.13. The molecule has 3 aliphatic heterocycles. The summed E-state index contributed by atoms with van der Waals surface area (Å²) in [4.78, 5) is 6.31.